The van der Waals surface area contributed by atoms with E-state index in [0.29, 0.717) is 10.8 Å². The van der Waals surface area contributed by atoms with Crippen molar-refractivity contribution in [3.63, 3.8) is 0 Å². The van der Waals surface area contributed by atoms with Crippen LogP contribution in [0.2, 0.25) is 0 Å². The van der Waals surface area contributed by atoms with Gasteiger partial charge in [-0.15, -0.1) is 10.2 Å². The number of fused-ring (bicyclic) bond motifs is 1. The highest BCUT2D eigenvalue weighted by atomic mass is 32.1. The zero-order valence-electron chi connectivity index (χ0n) is 15.5. The molecule has 0 spiro atoms. The zero-order valence-corrected chi connectivity index (χ0v) is 16.4. The number of piperidine rings is 1. The van der Waals surface area contributed by atoms with Crippen molar-refractivity contribution in [2.24, 2.45) is 0 Å². The largest absolute Gasteiger partial charge is 0.338 e. The molecule has 3 aromatic rings. The van der Waals surface area contributed by atoms with Gasteiger partial charge in [0.1, 0.15) is 16.5 Å². The van der Waals surface area contributed by atoms with Gasteiger partial charge in [0.05, 0.1) is 12.2 Å². The normalized spacial score (nSPS) is 17.5. The van der Waals surface area contributed by atoms with Crippen LogP contribution >= 0.6 is 11.5 Å². The fourth-order valence-corrected chi connectivity index (χ4v) is 4.76. The van der Waals surface area contributed by atoms with E-state index >= 15 is 0 Å². The molecule has 8 heteroatoms. The van der Waals surface area contributed by atoms with E-state index in [9.17, 15) is 4.79 Å². The van der Waals surface area contributed by atoms with Gasteiger partial charge < -0.3 is 14.8 Å². The minimum atomic E-state index is 0.0885. The van der Waals surface area contributed by atoms with E-state index in [2.05, 4.69) is 24.5 Å². The van der Waals surface area contributed by atoms with Crippen LogP contribution in [-0.4, -0.2) is 49.6 Å². The van der Waals surface area contributed by atoms with Crippen molar-refractivity contribution in [3.8, 4) is 11.3 Å². The average Bonchev–Trinajstić information content (AvgIpc) is 3.42. The Morgan fingerprint density at radius 2 is 1.93 bits per heavy atom. The lowest BCUT2D eigenvalue weighted by molar-refractivity contribution is 0.0715. The summed E-state index contributed by atoms with van der Waals surface area (Å²) >= 11 is 1.29. The van der Waals surface area contributed by atoms with Crippen molar-refractivity contribution >= 4 is 17.4 Å². The smallest absolute Gasteiger partial charge is 0.265 e. The van der Waals surface area contributed by atoms with Crippen molar-refractivity contribution in [1.29, 1.82) is 0 Å². The highest BCUT2D eigenvalue weighted by molar-refractivity contribution is 7.08. The van der Waals surface area contributed by atoms with Crippen molar-refractivity contribution in [2.75, 3.05) is 19.6 Å². The molecular weight excluding hydrogens is 372 g/mol. The Bertz CT molecular complexity index is 974. The molecule has 5 rings (SSSR count). The molecule has 1 fully saturated rings. The minimum Gasteiger partial charge on any atom is -0.338 e. The number of aromatic nitrogens is 4. The summed E-state index contributed by atoms with van der Waals surface area (Å²) < 4.78 is 6.73. The second kappa shape index (κ2) is 7.44. The van der Waals surface area contributed by atoms with Crippen LogP contribution in [0.3, 0.4) is 0 Å². The van der Waals surface area contributed by atoms with E-state index in [1.54, 1.807) is 0 Å². The van der Waals surface area contributed by atoms with Gasteiger partial charge in [-0.2, -0.15) is 4.37 Å². The van der Waals surface area contributed by atoms with Crippen molar-refractivity contribution in [2.45, 2.75) is 31.8 Å². The Morgan fingerprint density at radius 3 is 2.75 bits per heavy atom. The van der Waals surface area contributed by atoms with Crippen LogP contribution in [0.15, 0.2) is 36.4 Å². The topological polar surface area (TPSA) is 75.9 Å². The van der Waals surface area contributed by atoms with E-state index in [0.717, 1.165) is 68.5 Å². The first-order valence-corrected chi connectivity index (χ1v) is 10.5. The zero-order chi connectivity index (χ0) is 18.9. The first-order valence-electron chi connectivity index (χ1n) is 9.74. The number of nitrogens with one attached hydrogen (secondary N) is 1. The number of likely N-dealkylation sites (tertiary alicyclic amines) is 1. The molecule has 2 aliphatic rings. The lowest BCUT2D eigenvalue weighted by Crippen LogP contribution is -2.38. The number of benzene rings is 1. The first-order chi connectivity index (χ1) is 13.8. The predicted octanol–water partition coefficient (Wildman–Crippen LogP) is 2.52. The number of hydrogen-bond acceptors (Lipinski definition) is 6. The number of amides is 1. The third kappa shape index (κ3) is 3.22. The number of carbonyl (C=O) groups excluding carboxylic acids is 1. The van der Waals surface area contributed by atoms with Gasteiger partial charge in [0.15, 0.2) is 0 Å². The van der Waals surface area contributed by atoms with Gasteiger partial charge in [-0.3, -0.25) is 4.79 Å². The van der Waals surface area contributed by atoms with Crippen molar-refractivity contribution in [1.82, 2.24) is 29.4 Å². The summed E-state index contributed by atoms with van der Waals surface area (Å²) in [4.78, 5) is 15.6. The molecule has 0 bridgehead atoms. The van der Waals surface area contributed by atoms with Crippen LogP contribution in [0.4, 0.5) is 0 Å². The standard InChI is InChI=1S/C20H22N6OS/c27-20(17-12-16(24-28-17)14-4-2-1-3-5-14)25-9-6-15(7-10-25)19-23-22-18-13-21-8-11-26(18)19/h1-5,12,15,21H,6-11,13H2. The minimum absolute atomic E-state index is 0.0885. The van der Waals surface area contributed by atoms with Gasteiger partial charge in [-0.25, -0.2) is 0 Å². The Labute approximate surface area is 167 Å². The quantitative estimate of drug-likeness (QED) is 0.739. The first kappa shape index (κ1) is 17.5. The van der Waals surface area contributed by atoms with E-state index < -0.39 is 0 Å². The summed E-state index contributed by atoms with van der Waals surface area (Å²) in [6.45, 7) is 4.19. The molecule has 0 saturated carbocycles. The lowest BCUT2D eigenvalue weighted by atomic mass is 9.95. The predicted molar refractivity (Wildman–Crippen MR) is 107 cm³/mol. The van der Waals surface area contributed by atoms with Crippen LogP contribution in [0.1, 0.15) is 40.1 Å². The Kier molecular flexibility index (Phi) is 4.66. The van der Waals surface area contributed by atoms with Gasteiger partial charge in [0.2, 0.25) is 0 Å². The molecule has 1 amide bonds. The SMILES string of the molecule is O=C(c1cc(-c2ccccc2)ns1)N1CCC(c2nnc3n2CCNC3)CC1. The molecule has 0 radical (unpaired) electrons. The number of carbonyl (C=O) groups is 1. The van der Waals surface area contributed by atoms with E-state index in [-0.39, 0.29) is 5.91 Å². The summed E-state index contributed by atoms with van der Waals surface area (Å²) in [5.41, 5.74) is 1.91. The van der Waals surface area contributed by atoms with Gasteiger partial charge in [-0.1, -0.05) is 30.3 Å². The van der Waals surface area contributed by atoms with Crippen LogP contribution < -0.4 is 5.32 Å². The van der Waals surface area contributed by atoms with Gasteiger partial charge >= 0.3 is 0 Å². The lowest BCUT2D eigenvalue weighted by Gasteiger charge is -2.31. The molecule has 0 unspecified atom stereocenters. The number of rotatable bonds is 3. The molecule has 144 valence electrons. The number of nitrogens with zero attached hydrogens (tertiary/aromatic N) is 5. The molecule has 2 aromatic heterocycles. The van der Waals surface area contributed by atoms with E-state index in [1.165, 1.54) is 11.5 Å². The summed E-state index contributed by atoms with van der Waals surface area (Å²) in [5.74, 6) is 2.58. The second-order valence-electron chi connectivity index (χ2n) is 7.31. The van der Waals surface area contributed by atoms with Crippen LogP contribution in [0.5, 0.6) is 0 Å². The molecule has 7 nitrogen and oxygen atoms in total. The maximum Gasteiger partial charge on any atom is 0.265 e. The molecule has 0 aliphatic carbocycles. The monoisotopic (exact) mass is 394 g/mol. The summed E-state index contributed by atoms with van der Waals surface area (Å²) in [7, 11) is 0. The maximum absolute atomic E-state index is 12.9. The number of hydrogen-bond donors (Lipinski definition) is 1. The molecule has 4 heterocycles. The molecule has 1 aromatic carbocycles. The molecule has 2 aliphatic heterocycles. The maximum atomic E-state index is 12.9. The van der Waals surface area contributed by atoms with Gasteiger partial charge in [0, 0.05) is 37.7 Å². The summed E-state index contributed by atoms with van der Waals surface area (Å²) in [5, 5.41) is 12.1. The third-order valence-electron chi connectivity index (χ3n) is 5.59. The molecule has 1 N–H and O–H groups in total. The van der Waals surface area contributed by atoms with Gasteiger partial charge in [-0.05, 0) is 30.4 Å². The van der Waals surface area contributed by atoms with Crippen molar-refractivity contribution in [3.05, 3.63) is 52.9 Å². The molecule has 28 heavy (non-hydrogen) atoms. The summed E-state index contributed by atoms with van der Waals surface area (Å²) in [6.07, 6.45) is 1.86. The fourth-order valence-electron chi connectivity index (χ4n) is 4.03. The Morgan fingerprint density at radius 1 is 1.11 bits per heavy atom. The molecular formula is C20H22N6OS. The van der Waals surface area contributed by atoms with Gasteiger partial charge in [0.25, 0.3) is 5.91 Å². The summed E-state index contributed by atoms with van der Waals surface area (Å²) in [6, 6.07) is 11.9. The fraction of sp³-hybridized carbons (Fsp3) is 0.400. The molecule has 1 saturated heterocycles. The van der Waals surface area contributed by atoms with Crippen molar-refractivity contribution < 1.29 is 4.79 Å². The van der Waals surface area contributed by atoms with Crippen LogP contribution in [-0.2, 0) is 13.1 Å². The third-order valence-corrected chi connectivity index (χ3v) is 6.37. The van der Waals surface area contributed by atoms with Crippen LogP contribution in [0, 0.1) is 0 Å². The van der Waals surface area contributed by atoms with E-state index in [1.807, 2.05) is 41.3 Å². The van der Waals surface area contributed by atoms with Crippen LogP contribution in [0.25, 0.3) is 11.3 Å². The molecule has 0 atom stereocenters. The average molecular weight is 395 g/mol. The Hall–Kier alpha value is -2.58. The van der Waals surface area contributed by atoms with E-state index in [4.69, 9.17) is 0 Å². The highest BCUT2D eigenvalue weighted by Crippen LogP contribution is 2.29. The second-order valence-corrected chi connectivity index (χ2v) is 8.12. The Balaban J connectivity index is 1.25. The highest BCUT2D eigenvalue weighted by Gasteiger charge is 2.29.